The molecule has 0 aliphatic heterocycles. The molecule has 1 rings (SSSR count). The lowest BCUT2D eigenvalue weighted by molar-refractivity contribution is -0.140. The highest BCUT2D eigenvalue weighted by Gasteiger charge is 2.26. The highest BCUT2D eigenvalue weighted by molar-refractivity contribution is 7.12. The van der Waals surface area contributed by atoms with Gasteiger partial charge in [0, 0.05) is 9.75 Å². The lowest BCUT2D eigenvalue weighted by Crippen LogP contribution is -2.49. The molecule has 0 fully saturated rings. The lowest BCUT2D eigenvalue weighted by atomic mass is 9.99. The predicted molar refractivity (Wildman–Crippen MR) is 84.8 cm³/mol. The molecule has 0 radical (unpaired) electrons. The minimum atomic E-state index is -1.00. The summed E-state index contributed by atoms with van der Waals surface area (Å²) in [7, 11) is 0. The fourth-order valence-corrected chi connectivity index (χ4v) is 3.24. The molecule has 2 amide bonds. The molecule has 1 aromatic heterocycles. The van der Waals surface area contributed by atoms with Crippen molar-refractivity contribution in [3.8, 4) is 0 Å². The summed E-state index contributed by atoms with van der Waals surface area (Å²) in [6.07, 6.45) is 0.690. The van der Waals surface area contributed by atoms with Crippen LogP contribution in [0, 0.1) is 19.8 Å². The SMILES string of the molecule is CC[C@H](C)[C@H](NC(=O)NC(C)c1cc(C)sc1C)C(=O)O. The fourth-order valence-electron chi connectivity index (χ4n) is 2.22. The normalized spacial score (nSPS) is 15.1. The molecule has 5 nitrogen and oxygen atoms in total. The smallest absolute Gasteiger partial charge is 0.326 e. The van der Waals surface area contributed by atoms with Gasteiger partial charge in [-0.1, -0.05) is 20.3 Å². The van der Waals surface area contributed by atoms with Crippen LogP contribution < -0.4 is 10.6 Å². The molecular formula is C15H24N2O3S. The van der Waals surface area contributed by atoms with Crippen LogP contribution in [0.15, 0.2) is 6.07 Å². The Labute approximate surface area is 129 Å². The second-order valence-electron chi connectivity index (χ2n) is 5.41. The summed E-state index contributed by atoms with van der Waals surface area (Å²) in [4.78, 5) is 25.6. The molecule has 1 heterocycles. The van der Waals surface area contributed by atoms with Gasteiger partial charge < -0.3 is 15.7 Å². The summed E-state index contributed by atoms with van der Waals surface area (Å²) >= 11 is 1.69. The Kier molecular flexibility index (Phi) is 6.20. The summed E-state index contributed by atoms with van der Waals surface area (Å²) in [5.74, 6) is -1.12. The van der Waals surface area contributed by atoms with E-state index in [-0.39, 0.29) is 12.0 Å². The Morgan fingerprint density at radius 3 is 2.33 bits per heavy atom. The van der Waals surface area contributed by atoms with Crippen molar-refractivity contribution in [2.24, 2.45) is 5.92 Å². The van der Waals surface area contributed by atoms with Crippen LogP contribution in [-0.4, -0.2) is 23.1 Å². The van der Waals surface area contributed by atoms with Crippen molar-refractivity contribution in [2.45, 2.75) is 53.1 Å². The third-order valence-corrected chi connectivity index (χ3v) is 4.64. The predicted octanol–water partition coefficient (Wildman–Crippen LogP) is 3.22. The Balaban J connectivity index is 2.68. The fraction of sp³-hybridized carbons (Fsp3) is 0.600. The van der Waals surface area contributed by atoms with Crippen LogP contribution in [0.4, 0.5) is 4.79 Å². The second kappa shape index (κ2) is 7.45. The van der Waals surface area contributed by atoms with Gasteiger partial charge >= 0.3 is 12.0 Å². The van der Waals surface area contributed by atoms with Crippen LogP contribution in [-0.2, 0) is 4.79 Å². The minimum Gasteiger partial charge on any atom is -0.480 e. The van der Waals surface area contributed by atoms with Crippen molar-refractivity contribution in [1.82, 2.24) is 10.6 Å². The summed E-state index contributed by atoms with van der Waals surface area (Å²) < 4.78 is 0. The lowest BCUT2D eigenvalue weighted by Gasteiger charge is -2.22. The summed E-state index contributed by atoms with van der Waals surface area (Å²) in [5.41, 5.74) is 1.07. The second-order valence-corrected chi connectivity index (χ2v) is 6.87. The zero-order valence-electron chi connectivity index (χ0n) is 13.2. The largest absolute Gasteiger partial charge is 0.480 e. The molecule has 0 bridgehead atoms. The minimum absolute atomic E-state index is 0.117. The number of carbonyl (C=O) groups excluding carboxylic acids is 1. The molecule has 0 spiro atoms. The topological polar surface area (TPSA) is 78.4 Å². The highest BCUT2D eigenvalue weighted by Crippen LogP contribution is 2.26. The van der Waals surface area contributed by atoms with E-state index in [9.17, 15) is 14.7 Å². The molecule has 6 heteroatoms. The van der Waals surface area contributed by atoms with Gasteiger partial charge in [0.05, 0.1) is 6.04 Å². The molecule has 21 heavy (non-hydrogen) atoms. The van der Waals surface area contributed by atoms with E-state index in [0.717, 1.165) is 10.4 Å². The number of hydrogen-bond acceptors (Lipinski definition) is 3. The van der Waals surface area contributed by atoms with E-state index in [1.807, 2.05) is 40.7 Å². The van der Waals surface area contributed by atoms with E-state index in [2.05, 4.69) is 10.6 Å². The Bertz CT molecular complexity index is 513. The zero-order valence-corrected chi connectivity index (χ0v) is 14.0. The number of aliphatic carboxylic acids is 1. The van der Waals surface area contributed by atoms with Gasteiger partial charge in [-0.15, -0.1) is 11.3 Å². The van der Waals surface area contributed by atoms with Crippen molar-refractivity contribution in [1.29, 1.82) is 0 Å². The van der Waals surface area contributed by atoms with Crippen molar-refractivity contribution in [3.63, 3.8) is 0 Å². The number of rotatable bonds is 6. The van der Waals surface area contributed by atoms with E-state index in [0.29, 0.717) is 6.42 Å². The van der Waals surface area contributed by atoms with Crippen molar-refractivity contribution < 1.29 is 14.7 Å². The van der Waals surface area contributed by atoms with Crippen LogP contribution >= 0.6 is 11.3 Å². The Hall–Kier alpha value is -1.56. The molecule has 0 aliphatic rings. The van der Waals surface area contributed by atoms with Gasteiger partial charge in [-0.3, -0.25) is 0 Å². The number of carboxylic acid groups (broad SMARTS) is 1. The van der Waals surface area contributed by atoms with Crippen LogP contribution in [0.25, 0.3) is 0 Å². The van der Waals surface area contributed by atoms with Gasteiger partial charge in [0.1, 0.15) is 6.04 Å². The van der Waals surface area contributed by atoms with Gasteiger partial charge in [0.25, 0.3) is 0 Å². The number of amides is 2. The van der Waals surface area contributed by atoms with E-state index in [1.165, 1.54) is 4.88 Å². The van der Waals surface area contributed by atoms with E-state index in [1.54, 1.807) is 11.3 Å². The van der Waals surface area contributed by atoms with Gasteiger partial charge in [0.15, 0.2) is 0 Å². The third-order valence-electron chi connectivity index (χ3n) is 3.66. The standard InChI is InChI=1S/C15H24N2O3S/c1-6-8(2)13(14(18)19)17-15(20)16-10(4)12-7-9(3)21-11(12)5/h7-8,10,13H,6H2,1-5H3,(H,18,19)(H2,16,17,20)/t8-,10?,13-/m0/s1. The molecule has 0 saturated heterocycles. The number of nitrogens with one attached hydrogen (secondary N) is 2. The first-order valence-corrected chi connectivity index (χ1v) is 7.94. The molecule has 0 saturated carbocycles. The number of carboxylic acids is 1. The molecule has 118 valence electrons. The molecular weight excluding hydrogens is 288 g/mol. The molecule has 0 aromatic carbocycles. The average molecular weight is 312 g/mol. The molecule has 1 aromatic rings. The van der Waals surface area contributed by atoms with Crippen molar-refractivity contribution in [2.75, 3.05) is 0 Å². The van der Waals surface area contributed by atoms with Crippen molar-refractivity contribution in [3.05, 3.63) is 21.4 Å². The van der Waals surface area contributed by atoms with E-state index >= 15 is 0 Å². The Morgan fingerprint density at radius 1 is 1.29 bits per heavy atom. The molecule has 3 N–H and O–H groups in total. The van der Waals surface area contributed by atoms with Gasteiger partial charge in [-0.25, -0.2) is 9.59 Å². The number of thiophene rings is 1. The number of hydrogen-bond donors (Lipinski definition) is 3. The Morgan fingerprint density at radius 2 is 1.90 bits per heavy atom. The molecule has 1 unspecified atom stereocenters. The third kappa shape index (κ3) is 4.74. The van der Waals surface area contributed by atoms with Crippen LogP contribution in [0.2, 0.25) is 0 Å². The van der Waals surface area contributed by atoms with Crippen LogP contribution in [0.5, 0.6) is 0 Å². The highest BCUT2D eigenvalue weighted by atomic mass is 32.1. The van der Waals surface area contributed by atoms with E-state index < -0.39 is 18.0 Å². The maximum atomic E-state index is 12.0. The average Bonchev–Trinajstić information content (AvgIpc) is 2.73. The molecule has 3 atom stereocenters. The zero-order chi connectivity index (χ0) is 16.2. The summed E-state index contributed by atoms with van der Waals surface area (Å²) in [5, 5.41) is 14.5. The van der Waals surface area contributed by atoms with Crippen molar-refractivity contribution >= 4 is 23.3 Å². The number of urea groups is 1. The maximum Gasteiger partial charge on any atom is 0.326 e. The first-order valence-electron chi connectivity index (χ1n) is 7.13. The van der Waals surface area contributed by atoms with Gasteiger partial charge in [-0.2, -0.15) is 0 Å². The van der Waals surface area contributed by atoms with Gasteiger partial charge in [0.2, 0.25) is 0 Å². The van der Waals surface area contributed by atoms with Crippen LogP contribution in [0.3, 0.4) is 0 Å². The van der Waals surface area contributed by atoms with Gasteiger partial charge in [-0.05, 0) is 38.3 Å². The molecule has 0 aliphatic carbocycles. The number of carbonyl (C=O) groups is 2. The first kappa shape index (κ1) is 17.5. The van der Waals surface area contributed by atoms with E-state index in [4.69, 9.17) is 0 Å². The summed E-state index contributed by atoms with van der Waals surface area (Å²) in [6.45, 7) is 9.65. The quantitative estimate of drug-likeness (QED) is 0.754. The summed E-state index contributed by atoms with van der Waals surface area (Å²) in [6, 6.07) is 0.584. The number of aryl methyl sites for hydroxylation is 2. The maximum absolute atomic E-state index is 12.0. The first-order chi connectivity index (χ1) is 9.76. The monoisotopic (exact) mass is 312 g/mol. The van der Waals surface area contributed by atoms with Crippen LogP contribution in [0.1, 0.15) is 48.6 Å².